The molecule has 0 saturated carbocycles. The Morgan fingerprint density at radius 3 is 2.75 bits per heavy atom. The van der Waals surface area contributed by atoms with E-state index in [1.165, 1.54) is 13.0 Å². The van der Waals surface area contributed by atoms with Crippen LogP contribution in [0.25, 0.3) is 0 Å². The van der Waals surface area contributed by atoms with Crippen molar-refractivity contribution in [1.29, 1.82) is 0 Å². The number of phenols is 1. The van der Waals surface area contributed by atoms with Gasteiger partial charge in [0.2, 0.25) is 0 Å². The lowest BCUT2D eigenvalue weighted by Crippen LogP contribution is -2.28. The van der Waals surface area contributed by atoms with Crippen molar-refractivity contribution in [3.63, 3.8) is 0 Å². The van der Waals surface area contributed by atoms with Crippen molar-refractivity contribution < 1.29 is 9.90 Å². The Morgan fingerprint density at radius 2 is 2.25 bits per heavy atom. The molecule has 0 aliphatic heterocycles. The molecular weight excluding hydrogens is 248 g/mol. The number of carbonyl (C=O) groups excluding carboxylic acids is 1. The zero-order chi connectivity index (χ0) is 12.3. The fraction of sp³-hybridized carbons (Fsp3) is 0.200. The predicted octanol–water partition coefficient (Wildman–Crippen LogP) is 1.58. The minimum absolute atomic E-state index is 0.0966. The summed E-state index contributed by atoms with van der Waals surface area (Å²) in [5.74, 6) is -0.350. The molecule has 1 rings (SSSR count). The Morgan fingerprint density at radius 1 is 1.62 bits per heavy atom. The van der Waals surface area contributed by atoms with Gasteiger partial charge in [0, 0.05) is 17.1 Å². The third-order valence-corrected chi connectivity index (χ3v) is 2.35. The summed E-state index contributed by atoms with van der Waals surface area (Å²) in [6, 6.07) is 2.97. The van der Waals surface area contributed by atoms with Crippen LogP contribution >= 0.6 is 23.8 Å². The monoisotopic (exact) mass is 258 g/mol. The van der Waals surface area contributed by atoms with Crippen LogP contribution in [0.1, 0.15) is 22.8 Å². The summed E-state index contributed by atoms with van der Waals surface area (Å²) in [5, 5.41) is 13.0. The average molecular weight is 259 g/mol. The standard InChI is InChI=1S/C10H11ClN2O2S/c1-5(14)8-3-7(11)2-6(9(8)15)4-13-10(12)16/h2-3,15H,4H2,1H3,(H3,12,13,16). The second kappa shape index (κ2) is 5.14. The van der Waals surface area contributed by atoms with Crippen LogP contribution in [0.3, 0.4) is 0 Å². The topological polar surface area (TPSA) is 75.4 Å². The molecule has 86 valence electrons. The maximum Gasteiger partial charge on any atom is 0.163 e. The van der Waals surface area contributed by atoms with Crippen LogP contribution in [0.15, 0.2) is 12.1 Å². The quantitative estimate of drug-likeness (QED) is 0.567. The molecule has 1 aromatic rings. The SMILES string of the molecule is CC(=O)c1cc(Cl)cc(CNC(N)=S)c1O. The van der Waals surface area contributed by atoms with Gasteiger partial charge in [-0.25, -0.2) is 0 Å². The van der Waals surface area contributed by atoms with E-state index < -0.39 is 0 Å². The van der Waals surface area contributed by atoms with Gasteiger partial charge in [-0.05, 0) is 31.3 Å². The molecule has 0 aliphatic carbocycles. The second-order valence-corrected chi connectivity index (χ2v) is 4.11. The third kappa shape index (κ3) is 3.08. The van der Waals surface area contributed by atoms with E-state index in [-0.39, 0.29) is 28.8 Å². The number of thiocarbonyl (C=S) groups is 1. The van der Waals surface area contributed by atoms with Gasteiger partial charge < -0.3 is 16.2 Å². The second-order valence-electron chi connectivity index (χ2n) is 3.24. The van der Waals surface area contributed by atoms with Gasteiger partial charge in [0.05, 0.1) is 5.56 Å². The molecule has 0 aromatic heterocycles. The van der Waals surface area contributed by atoms with Crippen LogP contribution in [0.5, 0.6) is 5.75 Å². The van der Waals surface area contributed by atoms with E-state index in [0.717, 1.165) is 0 Å². The van der Waals surface area contributed by atoms with Gasteiger partial charge in [0.25, 0.3) is 0 Å². The summed E-state index contributed by atoms with van der Waals surface area (Å²) in [5.41, 5.74) is 5.93. The first-order chi connectivity index (χ1) is 7.41. The number of Topliss-reactive ketones (excluding diaryl/α,β-unsaturated/α-hetero) is 1. The van der Waals surface area contributed by atoms with E-state index in [0.29, 0.717) is 10.6 Å². The van der Waals surface area contributed by atoms with Crippen LogP contribution in [-0.4, -0.2) is 16.0 Å². The van der Waals surface area contributed by atoms with Crippen LogP contribution in [0, 0.1) is 0 Å². The number of aromatic hydroxyl groups is 1. The van der Waals surface area contributed by atoms with Gasteiger partial charge in [0.1, 0.15) is 5.75 Å². The van der Waals surface area contributed by atoms with E-state index >= 15 is 0 Å². The zero-order valence-corrected chi connectivity index (χ0v) is 10.2. The van der Waals surface area contributed by atoms with Crippen LogP contribution < -0.4 is 11.1 Å². The highest BCUT2D eigenvalue weighted by Gasteiger charge is 2.12. The highest BCUT2D eigenvalue weighted by molar-refractivity contribution is 7.80. The molecule has 0 radical (unpaired) electrons. The molecule has 0 spiro atoms. The molecule has 1 aromatic carbocycles. The molecule has 0 saturated heterocycles. The van der Waals surface area contributed by atoms with Gasteiger partial charge in [-0.2, -0.15) is 0 Å². The summed E-state index contributed by atoms with van der Waals surface area (Å²) in [6.45, 7) is 1.58. The minimum Gasteiger partial charge on any atom is -0.507 e. The highest BCUT2D eigenvalue weighted by atomic mass is 35.5. The Bertz CT molecular complexity index is 449. The fourth-order valence-electron chi connectivity index (χ4n) is 1.24. The summed E-state index contributed by atoms with van der Waals surface area (Å²) < 4.78 is 0. The Hall–Kier alpha value is -1.33. The molecule has 6 heteroatoms. The smallest absolute Gasteiger partial charge is 0.163 e. The van der Waals surface area contributed by atoms with E-state index in [2.05, 4.69) is 17.5 Å². The molecule has 4 nitrogen and oxygen atoms in total. The Labute approximate surface area is 103 Å². The number of phenolic OH excluding ortho intramolecular Hbond substituents is 1. The number of nitrogens with two attached hydrogens (primary N) is 1. The Balaban J connectivity index is 3.09. The van der Waals surface area contributed by atoms with Crippen molar-refractivity contribution in [3.05, 3.63) is 28.3 Å². The van der Waals surface area contributed by atoms with Crippen molar-refractivity contribution in [3.8, 4) is 5.75 Å². The summed E-state index contributed by atoms with van der Waals surface area (Å²) in [7, 11) is 0. The van der Waals surface area contributed by atoms with Crippen molar-refractivity contribution in [2.24, 2.45) is 5.73 Å². The molecule has 0 aliphatic rings. The summed E-state index contributed by atoms with van der Waals surface area (Å²) in [6.07, 6.45) is 0. The predicted molar refractivity (Wildman–Crippen MR) is 66.7 cm³/mol. The molecular formula is C10H11ClN2O2S. The molecule has 4 N–H and O–H groups in total. The van der Waals surface area contributed by atoms with Crippen molar-refractivity contribution >= 4 is 34.7 Å². The molecule has 0 atom stereocenters. The number of ketones is 1. The first-order valence-corrected chi connectivity index (χ1v) is 5.26. The first-order valence-electron chi connectivity index (χ1n) is 4.47. The van der Waals surface area contributed by atoms with Gasteiger partial charge in [0.15, 0.2) is 10.9 Å². The lowest BCUT2D eigenvalue weighted by molar-refractivity contribution is 0.101. The van der Waals surface area contributed by atoms with Crippen molar-refractivity contribution in [1.82, 2.24) is 5.32 Å². The van der Waals surface area contributed by atoms with E-state index in [1.54, 1.807) is 6.07 Å². The molecule has 0 heterocycles. The number of benzene rings is 1. The number of carbonyl (C=O) groups is 1. The normalized spacial score (nSPS) is 9.88. The molecule has 16 heavy (non-hydrogen) atoms. The largest absolute Gasteiger partial charge is 0.507 e. The average Bonchev–Trinajstić information content (AvgIpc) is 2.18. The van der Waals surface area contributed by atoms with Gasteiger partial charge >= 0.3 is 0 Å². The first kappa shape index (κ1) is 12.7. The molecule has 0 unspecified atom stereocenters. The number of nitrogens with one attached hydrogen (secondary N) is 1. The van der Waals surface area contributed by atoms with E-state index in [4.69, 9.17) is 17.3 Å². The van der Waals surface area contributed by atoms with Crippen molar-refractivity contribution in [2.75, 3.05) is 0 Å². The third-order valence-electron chi connectivity index (χ3n) is 1.99. The van der Waals surface area contributed by atoms with E-state index in [1.807, 2.05) is 0 Å². The number of halogens is 1. The van der Waals surface area contributed by atoms with Crippen LogP contribution in [-0.2, 0) is 6.54 Å². The van der Waals surface area contributed by atoms with Gasteiger partial charge in [-0.3, -0.25) is 4.79 Å². The minimum atomic E-state index is -0.253. The molecule has 0 fully saturated rings. The number of rotatable bonds is 3. The Kier molecular flexibility index (Phi) is 4.09. The van der Waals surface area contributed by atoms with Crippen LogP contribution in [0.2, 0.25) is 5.02 Å². The van der Waals surface area contributed by atoms with E-state index in [9.17, 15) is 9.90 Å². The number of hydrogen-bond donors (Lipinski definition) is 3. The van der Waals surface area contributed by atoms with Gasteiger partial charge in [-0.1, -0.05) is 11.6 Å². The maximum absolute atomic E-state index is 11.2. The fourth-order valence-corrected chi connectivity index (χ4v) is 1.55. The maximum atomic E-state index is 11.2. The molecule has 0 bridgehead atoms. The number of hydrogen-bond acceptors (Lipinski definition) is 3. The highest BCUT2D eigenvalue weighted by Crippen LogP contribution is 2.27. The lowest BCUT2D eigenvalue weighted by Gasteiger charge is -2.10. The van der Waals surface area contributed by atoms with Crippen molar-refractivity contribution in [2.45, 2.75) is 13.5 Å². The lowest BCUT2D eigenvalue weighted by atomic mass is 10.1. The van der Waals surface area contributed by atoms with Crippen LogP contribution in [0.4, 0.5) is 0 Å². The summed E-state index contributed by atoms with van der Waals surface area (Å²) >= 11 is 10.5. The van der Waals surface area contributed by atoms with Gasteiger partial charge in [-0.15, -0.1) is 0 Å². The summed E-state index contributed by atoms with van der Waals surface area (Å²) in [4.78, 5) is 11.2. The zero-order valence-electron chi connectivity index (χ0n) is 8.58. The molecule has 0 amide bonds.